The van der Waals surface area contributed by atoms with Gasteiger partial charge >= 0.3 is 0 Å². The summed E-state index contributed by atoms with van der Waals surface area (Å²) < 4.78 is 19.4. The molecule has 1 unspecified atom stereocenters. The van der Waals surface area contributed by atoms with Crippen LogP contribution in [0.5, 0.6) is 11.5 Å². The molecule has 0 saturated heterocycles. The minimum absolute atomic E-state index is 0.00992. The van der Waals surface area contributed by atoms with E-state index < -0.39 is 0 Å². The molecule has 0 aliphatic carbocycles. The van der Waals surface area contributed by atoms with Crippen LogP contribution in [0.1, 0.15) is 31.0 Å². The van der Waals surface area contributed by atoms with Crippen molar-refractivity contribution in [3.8, 4) is 11.5 Å². The Morgan fingerprint density at radius 3 is 2.67 bits per heavy atom. The van der Waals surface area contributed by atoms with Crippen molar-refractivity contribution in [1.29, 1.82) is 0 Å². The molecule has 4 heteroatoms. The molecule has 21 heavy (non-hydrogen) atoms. The molecule has 0 aromatic heterocycles. The van der Waals surface area contributed by atoms with Crippen LogP contribution in [-0.2, 0) is 0 Å². The van der Waals surface area contributed by atoms with Crippen molar-refractivity contribution in [2.24, 2.45) is 0 Å². The van der Waals surface area contributed by atoms with Crippen molar-refractivity contribution in [1.82, 2.24) is 5.32 Å². The van der Waals surface area contributed by atoms with Crippen LogP contribution >= 0.6 is 11.6 Å². The van der Waals surface area contributed by atoms with Crippen molar-refractivity contribution in [3.05, 3.63) is 58.4 Å². The van der Waals surface area contributed by atoms with Gasteiger partial charge < -0.3 is 10.1 Å². The third kappa shape index (κ3) is 3.96. The van der Waals surface area contributed by atoms with Crippen LogP contribution in [0.2, 0.25) is 5.02 Å². The van der Waals surface area contributed by atoms with Crippen LogP contribution in [0.4, 0.5) is 4.39 Å². The molecular formula is C17H19ClFNO. The summed E-state index contributed by atoms with van der Waals surface area (Å²) in [5, 5.41) is 3.80. The Bertz CT molecular complexity index is 630. The van der Waals surface area contributed by atoms with E-state index >= 15 is 0 Å². The van der Waals surface area contributed by atoms with E-state index in [0.29, 0.717) is 16.5 Å². The van der Waals surface area contributed by atoms with Crippen LogP contribution < -0.4 is 10.1 Å². The lowest BCUT2D eigenvalue weighted by Crippen LogP contribution is -2.18. The molecule has 0 amide bonds. The lowest BCUT2D eigenvalue weighted by molar-refractivity contribution is 0.459. The molecule has 112 valence electrons. The normalized spacial score (nSPS) is 12.2. The molecule has 2 aromatic rings. The van der Waals surface area contributed by atoms with Gasteiger partial charge in [-0.2, -0.15) is 0 Å². The first-order valence-electron chi connectivity index (χ1n) is 6.98. The zero-order valence-corrected chi connectivity index (χ0v) is 13.2. The van der Waals surface area contributed by atoms with Crippen LogP contribution in [0.3, 0.4) is 0 Å². The summed E-state index contributed by atoms with van der Waals surface area (Å²) in [4.78, 5) is 0. The molecule has 1 atom stereocenters. The fourth-order valence-corrected chi connectivity index (χ4v) is 2.33. The second kappa shape index (κ2) is 6.92. The van der Waals surface area contributed by atoms with E-state index in [4.69, 9.17) is 16.3 Å². The van der Waals surface area contributed by atoms with Crippen LogP contribution in [0, 0.1) is 12.7 Å². The first kappa shape index (κ1) is 15.8. The van der Waals surface area contributed by atoms with Crippen molar-refractivity contribution >= 4 is 11.6 Å². The minimum atomic E-state index is -0.280. The van der Waals surface area contributed by atoms with Gasteiger partial charge in [0.05, 0.1) is 5.02 Å². The Morgan fingerprint density at radius 1 is 1.19 bits per heavy atom. The third-order valence-electron chi connectivity index (χ3n) is 3.26. The number of rotatable bonds is 5. The summed E-state index contributed by atoms with van der Waals surface area (Å²) in [5.74, 6) is 0.906. The Hall–Kier alpha value is -1.58. The van der Waals surface area contributed by atoms with Crippen molar-refractivity contribution < 1.29 is 9.13 Å². The summed E-state index contributed by atoms with van der Waals surface area (Å²) >= 11 is 6.16. The zero-order chi connectivity index (χ0) is 15.4. The molecule has 1 N–H and O–H groups in total. The van der Waals surface area contributed by atoms with Gasteiger partial charge in [-0.15, -0.1) is 0 Å². The van der Waals surface area contributed by atoms with Crippen LogP contribution in [0.15, 0.2) is 36.4 Å². The van der Waals surface area contributed by atoms with E-state index in [2.05, 4.69) is 5.32 Å². The van der Waals surface area contributed by atoms with Gasteiger partial charge in [0.1, 0.15) is 17.3 Å². The van der Waals surface area contributed by atoms with E-state index in [1.807, 2.05) is 32.9 Å². The molecule has 0 radical (unpaired) electrons. The maximum absolute atomic E-state index is 13.5. The number of ether oxygens (including phenoxy) is 1. The highest BCUT2D eigenvalue weighted by Crippen LogP contribution is 2.34. The molecular weight excluding hydrogens is 289 g/mol. The molecule has 0 saturated carbocycles. The van der Waals surface area contributed by atoms with Gasteiger partial charge in [0, 0.05) is 11.6 Å². The summed E-state index contributed by atoms with van der Waals surface area (Å²) in [6.07, 6.45) is 0. The van der Waals surface area contributed by atoms with Crippen LogP contribution in [0.25, 0.3) is 0 Å². The second-order valence-corrected chi connectivity index (χ2v) is 5.40. The number of hydrogen-bond acceptors (Lipinski definition) is 2. The smallest absolute Gasteiger partial charge is 0.146 e. The lowest BCUT2D eigenvalue weighted by Gasteiger charge is -2.18. The van der Waals surface area contributed by atoms with E-state index in [1.54, 1.807) is 12.1 Å². The average Bonchev–Trinajstić information content (AvgIpc) is 2.45. The maximum atomic E-state index is 13.5. The first-order valence-corrected chi connectivity index (χ1v) is 7.36. The summed E-state index contributed by atoms with van der Waals surface area (Å²) in [6, 6.07) is 10.1. The van der Waals surface area contributed by atoms with Gasteiger partial charge in [-0.1, -0.05) is 24.6 Å². The van der Waals surface area contributed by atoms with Gasteiger partial charge in [0.2, 0.25) is 0 Å². The maximum Gasteiger partial charge on any atom is 0.146 e. The predicted octanol–water partition coefficient (Wildman–Crippen LogP) is 5.25. The highest BCUT2D eigenvalue weighted by atomic mass is 35.5. The van der Waals surface area contributed by atoms with E-state index in [9.17, 15) is 4.39 Å². The molecule has 0 aliphatic heterocycles. The Morgan fingerprint density at radius 2 is 1.95 bits per heavy atom. The van der Waals surface area contributed by atoms with E-state index in [0.717, 1.165) is 17.7 Å². The van der Waals surface area contributed by atoms with Crippen molar-refractivity contribution in [2.45, 2.75) is 26.8 Å². The number of hydrogen-bond donors (Lipinski definition) is 1. The highest BCUT2D eigenvalue weighted by molar-refractivity contribution is 6.32. The average molecular weight is 308 g/mol. The Balaban J connectivity index is 2.37. The standard InChI is InChI=1S/C17H19ClFNO/c1-4-20-12(3)14-10-13(19)6-8-16(14)21-17-9-11(2)5-7-15(17)18/h5-10,12,20H,4H2,1-3H3. The fraction of sp³-hybridized carbons (Fsp3) is 0.294. The Labute approximate surface area is 129 Å². The van der Waals surface area contributed by atoms with Crippen molar-refractivity contribution in [2.75, 3.05) is 6.54 Å². The minimum Gasteiger partial charge on any atom is -0.455 e. The number of nitrogens with one attached hydrogen (secondary N) is 1. The van der Waals surface area contributed by atoms with Gasteiger partial charge in [-0.25, -0.2) is 4.39 Å². The van der Waals surface area contributed by atoms with Crippen molar-refractivity contribution in [3.63, 3.8) is 0 Å². The molecule has 2 rings (SSSR count). The molecule has 2 aromatic carbocycles. The number of aryl methyl sites for hydroxylation is 1. The fourth-order valence-electron chi connectivity index (χ4n) is 2.17. The van der Waals surface area contributed by atoms with E-state index in [1.165, 1.54) is 12.1 Å². The van der Waals surface area contributed by atoms with Gasteiger partial charge in [0.25, 0.3) is 0 Å². The summed E-state index contributed by atoms with van der Waals surface area (Å²) in [5.41, 5.74) is 1.83. The SMILES string of the molecule is CCNC(C)c1cc(F)ccc1Oc1cc(C)ccc1Cl. The highest BCUT2D eigenvalue weighted by Gasteiger charge is 2.14. The quantitative estimate of drug-likeness (QED) is 0.814. The molecule has 0 bridgehead atoms. The molecule has 0 fully saturated rings. The lowest BCUT2D eigenvalue weighted by atomic mass is 10.1. The largest absolute Gasteiger partial charge is 0.455 e. The topological polar surface area (TPSA) is 21.3 Å². The second-order valence-electron chi connectivity index (χ2n) is 5.00. The molecule has 0 aliphatic rings. The van der Waals surface area contributed by atoms with Crippen LogP contribution in [-0.4, -0.2) is 6.54 Å². The molecule has 0 heterocycles. The Kier molecular flexibility index (Phi) is 5.21. The molecule has 0 spiro atoms. The molecule has 2 nitrogen and oxygen atoms in total. The van der Waals surface area contributed by atoms with Gasteiger partial charge in [-0.05, 0) is 56.3 Å². The first-order chi connectivity index (χ1) is 10.0. The van der Waals surface area contributed by atoms with Gasteiger partial charge in [0.15, 0.2) is 0 Å². The van der Waals surface area contributed by atoms with E-state index in [-0.39, 0.29) is 11.9 Å². The van der Waals surface area contributed by atoms with Gasteiger partial charge in [-0.3, -0.25) is 0 Å². The zero-order valence-electron chi connectivity index (χ0n) is 12.4. The summed E-state index contributed by atoms with van der Waals surface area (Å²) in [6.45, 7) is 6.75. The monoisotopic (exact) mass is 307 g/mol. The number of benzene rings is 2. The predicted molar refractivity (Wildman–Crippen MR) is 84.8 cm³/mol. The number of halogens is 2. The third-order valence-corrected chi connectivity index (χ3v) is 3.57. The summed E-state index contributed by atoms with van der Waals surface area (Å²) in [7, 11) is 0.